The monoisotopic (exact) mass is 566 g/mol. The third kappa shape index (κ3) is 5.88. The van der Waals surface area contributed by atoms with Crippen LogP contribution in [0.1, 0.15) is 43.2 Å². The molecule has 3 aromatic carbocycles. The molecule has 7 heteroatoms. The van der Waals surface area contributed by atoms with Crippen LogP contribution in [0.5, 0.6) is 0 Å². The summed E-state index contributed by atoms with van der Waals surface area (Å²) in [6.45, 7) is 3.87. The largest absolute Gasteiger partial charge is 0.332 e. The van der Waals surface area contributed by atoms with Crippen LogP contribution in [-0.2, 0) is 11.3 Å². The van der Waals surface area contributed by atoms with Crippen molar-refractivity contribution in [2.45, 2.75) is 43.4 Å². The van der Waals surface area contributed by atoms with Gasteiger partial charge in [0, 0.05) is 11.1 Å². The molecule has 3 aromatic rings. The lowest BCUT2D eigenvalue weighted by molar-refractivity contribution is 0.105. The zero-order valence-electron chi connectivity index (χ0n) is 19.4. The average Bonchev–Trinajstić information content (AvgIpc) is 2.81. The second-order valence-corrected chi connectivity index (χ2v) is 10.4. The van der Waals surface area contributed by atoms with Crippen LogP contribution < -0.4 is 0 Å². The summed E-state index contributed by atoms with van der Waals surface area (Å²) in [4.78, 5) is -3.91. The van der Waals surface area contributed by atoms with Gasteiger partial charge >= 0.3 is 4.83 Å². The van der Waals surface area contributed by atoms with E-state index in [1.807, 2.05) is 28.1 Å². The molecule has 1 fully saturated rings. The first kappa shape index (κ1) is 26.5. The van der Waals surface area contributed by atoms with E-state index in [-0.39, 0.29) is 22.3 Å². The molecule has 0 N–H and O–H groups in total. The van der Waals surface area contributed by atoms with E-state index in [0.717, 1.165) is 50.2 Å². The van der Waals surface area contributed by atoms with Crippen LogP contribution in [0.3, 0.4) is 0 Å². The number of halogens is 7. The molecule has 0 amide bonds. The molecule has 0 aromatic heterocycles. The zero-order chi connectivity index (χ0) is 26.0. The molecule has 1 aliphatic rings. The van der Waals surface area contributed by atoms with Crippen LogP contribution >= 0.6 is 15.9 Å². The van der Waals surface area contributed by atoms with Gasteiger partial charge in [-0.25, -0.2) is 17.6 Å². The first-order valence-corrected chi connectivity index (χ1v) is 12.6. The Morgan fingerprint density at radius 2 is 1.33 bits per heavy atom. The van der Waals surface area contributed by atoms with Crippen molar-refractivity contribution in [1.29, 1.82) is 0 Å². The Hall–Kier alpha value is -2.54. The van der Waals surface area contributed by atoms with Crippen LogP contribution in [0.25, 0.3) is 22.3 Å². The number of alkyl halides is 3. The molecule has 0 aliphatic heterocycles. The lowest BCUT2D eigenvalue weighted by Crippen LogP contribution is -2.13. The van der Waals surface area contributed by atoms with Gasteiger partial charge in [0.2, 0.25) is 0 Å². The van der Waals surface area contributed by atoms with Gasteiger partial charge in [0.05, 0.1) is 0 Å². The number of aryl methyl sites for hydroxylation is 1. The quantitative estimate of drug-likeness (QED) is 0.151. The third-order valence-electron chi connectivity index (χ3n) is 7.02. The van der Waals surface area contributed by atoms with Crippen LogP contribution in [0, 0.1) is 35.1 Å². The molecule has 190 valence electrons. The van der Waals surface area contributed by atoms with Gasteiger partial charge in [0.15, 0.2) is 0 Å². The summed E-state index contributed by atoms with van der Waals surface area (Å²) in [5, 5.41) is 0. The average molecular weight is 567 g/mol. The maximum atomic E-state index is 14.9. The summed E-state index contributed by atoms with van der Waals surface area (Å²) in [6, 6.07) is 9.91. The van der Waals surface area contributed by atoms with Crippen molar-refractivity contribution in [2.75, 3.05) is 0 Å². The zero-order valence-corrected chi connectivity index (χ0v) is 21.0. The second kappa shape index (κ2) is 10.8. The Balaban J connectivity index is 1.50. The smallest absolute Gasteiger partial charge is 0.206 e. The Bertz CT molecular complexity index is 1230. The van der Waals surface area contributed by atoms with Crippen LogP contribution in [0.2, 0.25) is 0 Å². The van der Waals surface area contributed by atoms with Crippen LogP contribution in [-0.4, -0.2) is 0 Å². The van der Waals surface area contributed by atoms with Crippen molar-refractivity contribution in [2.24, 2.45) is 11.8 Å². The summed E-state index contributed by atoms with van der Waals surface area (Å²) < 4.78 is 84.9. The molecule has 36 heavy (non-hydrogen) atoms. The summed E-state index contributed by atoms with van der Waals surface area (Å²) in [5.74, 6) is -3.15. The maximum Gasteiger partial charge on any atom is 0.332 e. The molecule has 0 atom stereocenters. The normalized spacial score (nSPS) is 18.3. The van der Waals surface area contributed by atoms with Crippen molar-refractivity contribution >= 4 is 15.9 Å². The maximum absolute atomic E-state index is 14.9. The number of benzene rings is 3. The van der Waals surface area contributed by atoms with Crippen molar-refractivity contribution in [3.8, 4) is 22.3 Å². The van der Waals surface area contributed by atoms with E-state index in [1.54, 1.807) is 6.07 Å². The number of allylic oxidation sites excluding steroid dienone is 1. The van der Waals surface area contributed by atoms with Crippen molar-refractivity contribution < 1.29 is 26.3 Å². The Kier molecular flexibility index (Phi) is 7.98. The fourth-order valence-electron chi connectivity index (χ4n) is 4.95. The van der Waals surface area contributed by atoms with Gasteiger partial charge in [-0.15, -0.1) is 6.58 Å². The molecule has 4 rings (SSSR count). The van der Waals surface area contributed by atoms with Gasteiger partial charge in [-0.2, -0.15) is 8.78 Å². The topological polar surface area (TPSA) is 0 Å². The Morgan fingerprint density at radius 1 is 0.778 bits per heavy atom. The van der Waals surface area contributed by atoms with E-state index < -0.39 is 33.7 Å². The predicted molar refractivity (Wildman–Crippen MR) is 134 cm³/mol. The van der Waals surface area contributed by atoms with Crippen LogP contribution in [0.15, 0.2) is 61.2 Å². The summed E-state index contributed by atoms with van der Waals surface area (Å²) in [5.41, 5.74) is -0.560. The van der Waals surface area contributed by atoms with E-state index >= 15 is 0 Å². The van der Waals surface area contributed by atoms with Crippen molar-refractivity contribution in [3.63, 3.8) is 0 Å². The second-order valence-electron chi connectivity index (χ2n) is 9.38. The van der Waals surface area contributed by atoms with E-state index in [4.69, 9.17) is 0 Å². The lowest BCUT2D eigenvalue weighted by Gasteiger charge is -2.26. The third-order valence-corrected chi connectivity index (χ3v) is 7.41. The molecule has 0 heterocycles. The molecule has 0 radical (unpaired) electrons. The van der Waals surface area contributed by atoms with E-state index in [2.05, 4.69) is 6.58 Å². The van der Waals surface area contributed by atoms with Gasteiger partial charge in [0.25, 0.3) is 0 Å². The molecule has 0 saturated heterocycles. The highest BCUT2D eigenvalue weighted by Gasteiger charge is 2.35. The lowest BCUT2D eigenvalue weighted by atomic mass is 9.79. The van der Waals surface area contributed by atoms with Gasteiger partial charge in [-0.05, 0) is 107 Å². The van der Waals surface area contributed by atoms with Crippen LogP contribution in [0.4, 0.5) is 26.3 Å². The predicted octanol–water partition coefficient (Wildman–Crippen LogP) is 9.95. The summed E-state index contributed by atoms with van der Waals surface area (Å²) in [7, 11) is 0. The first-order chi connectivity index (χ1) is 17.1. The molecule has 0 unspecified atom stereocenters. The van der Waals surface area contributed by atoms with Gasteiger partial charge in [-0.3, -0.25) is 0 Å². The highest BCUT2D eigenvalue weighted by atomic mass is 79.9. The van der Waals surface area contributed by atoms with Crippen molar-refractivity contribution in [1.82, 2.24) is 0 Å². The highest BCUT2D eigenvalue weighted by Crippen LogP contribution is 2.40. The SMILES string of the molecule is C=CC1CCC(CCc2ccc(-c3ccc(-c4cc(F)c(C(F)(F)Br)c(F)c4)c(F)c3)c(F)c2)CC1. The number of rotatable bonds is 7. The van der Waals surface area contributed by atoms with E-state index in [9.17, 15) is 26.3 Å². The first-order valence-electron chi connectivity index (χ1n) is 11.8. The standard InChI is InChI=1S/C29H25BrF6/c1-2-17-3-5-18(6-4-17)7-8-19-9-11-22(24(31)13-19)20-10-12-23(25(32)14-20)21-15-26(33)28(27(34)16-21)29(30,35)36/h2,9-18H,1,3-8H2. The van der Waals surface area contributed by atoms with Gasteiger partial charge in [0.1, 0.15) is 28.8 Å². The van der Waals surface area contributed by atoms with Gasteiger partial charge in [-0.1, -0.05) is 30.3 Å². The van der Waals surface area contributed by atoms with E-state index in [1.165, 1.54) is 18.2 Å². The molecule has 1 saturated carbocycles. The number of hydrogen-bond donors (Lipinski definition) is 0. The molecule has 1 aliphatic carbocycles. The molecule has 0 bridgehead atoms. The van der Waals surface area contributed by atoms with E-state index in [0.29, 0.717) is 24.0 Å². The molecule has 0 spiro atoms. The summed E-state index contributed by atoms with van der Waals surface area (Å²) in [6.07, 6.45) is 8.37. The summed E-state index contributed by atoms with van der Waals surface area (Å²) >= 11 is 1.94. The minimum Gasteiger partial charge on any atom is -0.206 e. The minimum absolute atomic E-state index is 0.191. The molecular formula is C29H25BrF6. The molecule has 0 nitrogen and oxygen atoms in total. The highest BCUT2D eigenvalue weighted by molar-refractivity contribution is 9.09. The van der Waals surface area contributed by atoms with Crippen molar-refractivity contribution in [3.05, 3.63) is 95.6 Å². The molecular weight excluding hydrogens is 542 g/mol. The minimum atomic E-state index is -3.91. The Labute approximate surface area is 215 Å². The number of hydrogen-bond acceptors (Lipinski definition) is 0. The fourth-order valence-corrected chi connectivity index (χ4v) is 5.33. The van der Waals surface area contributed by atoms with Gasteiger partial charge < -0.3 is 0 Å². The fraction of sp³-hybridized carbons (Fsp3) is 0.310. The Morgan fingerprint density at radius 3 is 1.89 bits per heavy atom.